The van der Waals surface area contributed by atoms with Crippen molar-refractivity contribution in [1.82, 2.24) is 0 Å². The van der Waals surface area contributed by atoms with E-state index in [1.54, 1.807) is 0 Å². The molecule has 1 spiro atoms. The molecule has 0 unspecified atom stereocenters. The molecule has 0 radical (unpaired) electrons. The van der Waals surface area contributed by atoms with E-state index in [1.165, 1.54) is 0 Å². The molecule has 3 fully saturated rings. The predicted molar refractivity (Wildman–Crippen MR) is 88.7 cm³/mol. The first-order valence-electron chi connectivity index (χ1n) is 9.26. The van der Waals surface area contributed by atoms with Gasteiger partial charge in [-0.25, -0.2) is 0 Å². The minimum Gasteiger partial charge on any atom is -0.396 e. The lowest BCUT2D eigenvalue weighted by atomic mass is 9.39. The lowest BCUT2D eigenvalue weighted by Crippen LogP contribution is -2.65. The minimum atomic E-state index is -0.661. The van der Waals surface area contributed by atoms with E-state index in [0.717, 1.165) is 32.1 Å². The van der Waals surface area contributed by atoms with Crippen LogP contribution < -0.4 is 0 Å². The van der Waals surface area contributed by atoms with Gasteiger partial charge in [0.2, 0.25) is 0 Å². The number of carbonyl (C=O) groups is 1. The monoisotopic (exact) mass is 318 g/mol. The molecule has 0 aromatic rings. The standard InChI is InChI=1S/C20H30O3/c1-17-8-5-13-19(3)7-4-6-18(2,12-21)14(19)11-15(22)20(13,10-9-17)16(17)23/h9-10,13-14,16,21,23H,4-8,11-12H2,1-3H3/t13-,14+,16-,17+,18+,19-,20+/m0/s1. The van der Waals surface area contributed by atoms with Gasteiger partial charge >= 0.3 is 0 Å². The van der Waals surface area contributed by atoms with Gasteiger partial charge in [-0.1, -0.05) is 39.3 Å². The fourth-order valence-corrected chi connectivity index (χ4v) is 7.06. The third-order valence-corrected chi connectivity index (χ3v) is 8.50. The third-order valence-electron chi connectivity index (χ3n) is 8.50. The Labute approximate surface area is 139 Å². The highest BCUT2D eigenvalue weighted by atomic mass is 16.3. The molecule has 4 aliphatic carbocycles. The van der Waals surface area contributed by atoms with Crippen molar-refractivity contribution in [3.05, 3.63) is 12.2 Å². The van der Waals surface area contributed by atoms with Crippen LogP contribution in [0, 0.1) is 33.5 Å². The van der Waals surface area contributed by atoms with Crippen LogP contribution in [0.1, 0.15) is 59.3 Å². The number of aliphatic hydroxyl groups is 2. The maximum atomic E-state index is 13.3. The van der Waals surface area contributed by atoms with E-state index in [4.69, 9.17) is 0 Å². The lowest BCUT2D eigenvalue weighted by molar-refractivity contribution is -0.195. The topological polar surface area (TPSA) is 57.5 Å². The summed E-state index contributed by atoms with van der Waals surface area (Å²) in [4.78, 5) is 13.3. The molecule has 4 rings (SSSR count). The van der Waals surface area contributed by atoms with E-state index in [1.807, 2.05) is 0 Å². The number of carbonyl (C=O) groups excluding carboxylic acids is 1. The predicted octanol–water partition coefficient (Wildman–Crippen LogP) is 3.10. The first kappa shape index (κ1) is 15.8. The fourth-order valence-electron chi connectivity index (χ4n) is 7.06. The van der Waals surface area contributed by atoms with Crippen molar-refractivity contribution in [3.63, 3.8) is 0 Å². The maximum Gasteiger partial charge on any atom is 0.146 e. The zero-order valence-electron chi connectivity index (χ0n) is 14.6. The van der Waals surface area contributed by atoms with Gasteiger partial charge in [0.1, 0.15) is 5.78 Å². The lowest BCUT2D eigenvalue weighted by Gasteiger charge is -2.64. The highest BCUT2D eigenvalue weighted by Gasteiger charge is 2.70. The second-order valence-electron chi connectivity index (χ2n) is 9.62. The van der Waals surface area contributed by atoms with Crippen molar-refractivity contribution >= 4 is 5.78 Å². The van der Waals surface area contributed by atoms with Gasteiger partial charge in [-0.2, -0.15) is 0 Å². The van der Waals surface area contributed by atoms with Gasteiger partial charge in [-0.05, 0) is 48.3 Å². The second-order valence-corrected chi connectivity index (χ2v) is 9.62. The molecule has 3 nitrogen and oxygen atoms in total. The van der Waals surface area contributed by atoms with Crippen molar-refractivity contribution in [1.29, 1.82) is 0 Å². The summed E-state index contributed by atoms with van der Waals surface area (Å²) in [6.07, 6.45) is 9.35. The molecule has 0 aromatic heterocycles. The molecule has 0 aliphatic heterocycles. The average molecular weight is 318 g/mol. The summed E-state index contributed by atoms with van der Waals surface area (Å²) in [5, 5.41) is 21.1. The Morgan fingerprint density at radius 1 is 1.13 bits per heavy atom. The number of ketones is 1. The number of aliphatic hydroxyl groups excluding tert-OH is 2. The molecule has 0 heterocycles. The van der Waals surface area contributed by atoms with Gasteiger partial charge in [-0.3, -0.25) is 4.79 Å². The molecule has 2 N–H and O–H groups in total. The van der Waals surface area contributed by atoms with E-state index < -0.39 is 11.5 Å². The quantitative estimate of drug-likeness (QED) is 0.731. The van der Waals surface area contributed by atoms with Crippen molar-refractivity contribution in [2.24, 2.45) is 33.5 Å². The van der Waals surface area contributed by atoms with Crippen molar-refractivity contribution in [3.8, 4) is 0 Å². The molecular weight excluding hydrogens is 288 g/mol. The first-order valence-corrected chi connectivity index (χ1v) is 9.26. The zero-order chi connectivity index (χ0) is 16.7. The van der Waals surface area contributed by atoms with Crippen LogP contribution in [0.5, 0.6) is 0 Å². The SMILES string of the molecule is C[C@]1(CO)CCC[C@]2(C)[C@@H]1CC(=O)[C@@]13C=C[C@@](C)(CC[C@@H]21)[C@@H]3O. The van der Waals surface area contributed by atoms with Gasteiger partial charge in [0.05, 0.1) is 11.5 Å². The van der Waals surface area contributed by atoms with E-state index in [9.17, 15) is 15.0 Å². The smallest absolute Gasteiger partial charge is 0.146 e. The molecule has 0 aromatic carbocycles. The van der Waals surface area contributed by atoms with E-state index in [-0.39, 0.29) is 40.5 Å². The van der Waals surface area contributed by atoms with Crippen LogP contribution in [0.25, 0.3) is 0 Å². The Kier molecular flexibility index (Phi) is 3.09. The molecule has 128 valence electrons. The Morgan fingerprint density at radius 3 is 2.57 bits per heavy atom. The summed E-state index contributed by atoms with van der Waals surface area (Å²) in [5.74, 6) is 0.676. The highest BCUT2D eigenvalue weighted by molar-refractivity contribution is 5.90. The summed E-state index contributed by atoms with van der Waals surface area (Å²) in [5.41, 5.74) is -1.00. The molecule has 0 amide bonds. The summed E-state index contributed by atoms with van der Waals surface area (Å²) in [6.45, 7) is 6.76. The summed E-state index contributed by atoms with van der Waals surface area (Å²) >= 11 is 0. The zero-order valence-corrected chi connectivity index (χ0v) is 14.6. The number of fused-ring (bicyclic) bond motifs is 3. The number of rotatable bonds is 1. The summed E-state index contributed by atoms with van der Waals surface area (Å²) in [7, 11) is 0. The van der Waals surface area contributed by atoms with Crippen molar-refractivity contribution in [2.45, 2.75) is 65.4 Å². The molecular formula is C20H30O3. The normalized spacial score (nSPS) is 58.0. The molecule has 2 bridgehead atoms. The minimum absolute atomic E-state index is 0.0423. The Bertz CT molecular complexity index is 583. The van der Waals surface area contributed by atoms with Crippen LogP contribution in [-0.2, 0) is 4.79 Å². The van der Waals surface area contributed by atoms with Gasteiger partial charge in [-0.15, -0.1) is 0 Å². The highest BCUT2D eigenvalue weighted by Crippen LogP contribution is 2.70. The summed E-state index contributed by atoms with van der Waals surface area (Å²) in [6, 6.07) is 0. The van der Waals surface area contributed by atoms with E-state index in [2.05, 4.69) is 32.9 Å². The van der Waals surface area contributed by atoms with E-state index in [0.29, 0.717) is 6.42 Å². The maximum absolute atomic E-state index is 13.3. The molecule has 23 heavy (non-hydrogen) atoms. The number of hydrogen-bond acceptors (Lipinski definition) is 3. The molecule has 7 atom stereocenters. The molecule has 3 heteroatoms. The van der Waals surface area contributed by atoms with Crippen LogP contribution in [-0.4, -0.2) is 28.7 Å². The Hall–Kier alpha value is -0.670. The van der Waals surface area contributed by atoms with Crippen LogP contribution in [0.4, 0.5) is 0 Å². The van der Waals surface area contributed by atoms with Crippen LogP contribution in [0.3, 0.4) is 0 Å². The van der Waals surface area contributed by atoms with Crippen LogP contribution in [0.15, 0.2) is 12.2 Å². The van der Waals surface area contributed by atoms with Gasteiger partial charge in [0.15, 0.2) is 0 Å². The summed E-state index contributed by atoms with van der Waals surface area (Å²) < 4.78 is 0. The first-order chi connectivity index (χ1) is 10.7. The van der Waals surface area contributed by atoms with Gasteiger partial charge < -0.3 is 10.2 Å². The van der Waals surface area contributed by atoms with E-state index >= 15 is 0 Å². The largest absolute Gasteiger partial charge is 0.396 e. The Morgan fingerprint density at radius 2 is 1.87 bits per heavy atom. The number of hydrogen-bond donors (Lipinski definition) is 2. The number of Topliss-reactive ketones (excluding diaryl/α,β-unsaturated/α-hetero) is 1. The van der Waals surface area contributed by atoms with Gasteiger partial charge in [0.25, 0.3) is 0 Å². The molecule has 3 saturated carbocycles. The molecule has 4 aliphatic rings. The Balaban J connectivity index is 1.84. The van der Waals surface area contributed by atoms with Crippen LogP contribution in [0.2, 0.25) is 0 Å². The van der Waals surface area contributed by atoms with Gasteiger partial charge in [0, 0.05) is 18.4 Å². The average Bonchev–Trinajstić information content (AvgIpc) is 2.68. The van der Waals surface area contributed by atoms with Crippen molar-refractivity contribution < 1.29 is 15.0 Å². The second kappa shape index (κ2) is 4.49. The van der Waals surface area contributed by atoms with Crippen LogP contribution >= 0.6 is 0 Å². The fraction of sp³-hybridized carbons (Fsp3) is 0.850. The third kappa shape index (κ3) is 1.66. The molecule has 0 saturated heterocycles. The van der Waals surface area contributed by atoms with Crippen molar-refractivity contribution in [2.75, 3.05) is 6.61 Å².